The minimum absolute atomic E-state index is 0.0312. The zero-order valence-electron chi connectivity index (χ0n) is 11.5. The molecule has 0 radical (unpaired) electrons. The van der Waals surface area contributed by atoms with Crippen LogP contribution < -0.4 is 11.5 Å². The summed E-state index contributed by atoms with van der Waals surface area (Å²) in [5.41, 5.74) is 11.2. The molecule has 1 amide bonds. The number of hydrogen-bond donors (Lipinski definition) is 2. The Hall–Kier alpha value is -2.35. The summed E-state index contributed by atoms with van der Waals surface area (Å²) < 4.78 is 25.8. The fourth-order valence-corrected chi connectivity index (χ4v) is 3.51. The molecule has 2 rings (SSSR count). The molecule has 0 bridgehead atoms. The van der Waals surface area contributed by atoms with Crippen molar-refractivity contribution in [2.24, 2.45) is 5.73 Å². The summed E-state index contributed by atoms with van der Waals surface area (Å²) >= 11 is 0. The Morgan fingerprint density at radius 2 is 2.00 bits per heavy atom. The maximum Gasteiger partial charge on any atom is 0.271 e. The fourth-order valence-electron chi connectivity index (χ4n) is 1.99. The van der Waals surface area contributed by atoms with Crippen LogP contribution in [0.5, 0.6) is 0 Å². The summed E-state index contributed by atoms with van der Waals surface area (Å²) in [6, 6.07) is 6.41. The summed E-state index contributed by atoms with van der Waals surface area (Å²) in [4.78, 5) is 11.3. The predicted molar refractivity (Wildman–Crippen MR) is 78.8 cm³/mol. The van der Waals surface area contributed by atoms with E-state index in [1.165, 1.54) is 16.9 Å². The average molecular weight is 308 g/mol. The van der Waals surface area contributed by atoms with Gasteiger partial charge in [-0.25, -0.2) is 13.1 Å². The first-order valence-electron chi connectivity index (χ1n) is 6.34. The molecule has 0 spiro atoms. The van der Waals surface area contributed by atoms with Crippen LogP contribution in [0.4, 0.5) is 5.69 Å². The Labute approximate surface area is 122 Å². The van der Waals surface area contributed by atoms with Gasteiger partial charge in [-0.15, -0.1) is 0 Å². The quantitative estimate of drug-likeness (QED) is 0.843. The molecular formula is C13H16N4O3S. The molecule has 1 aromatic carbocycles. The van der Waals surface area contributed by atoms with Crippen LogP contribution in [0.25, 0.3) is 5.69 Å². The molecule has 2 aromatic rings. The van der Waals surface area contributed by atoms with Gasteiger partial charge in [-0.2, -0.15) is 5.10 Å². The maximum atomic E-state index is 12.3. The highest BCUT2D eigenvalue weighted by molar-refractivity contribution is 7.91. The largest absolute Gasteiger partial charge is 0.396 e. The summed E-state index contributed by atoms with van der Waals surface area (Å²) in [6.07, 6.45) is 1.88. The van der Waals surface area contributed by atoms with Crippen molar-refractivity contribution in [3.63, 3.8) is 0 Å². The zero-order valence-corrected chi connectivity index (χ0v) is 12.3. The van der Waals surface area contributed by atoms with E-state index >= 15 is 0 Å². The smallest absolute Gasteiger partial charge is 0.271 e. The second-order valence-corrected chi connectivity index (χ2v) is 6.61. The van der Waals surface area contributed by atoms with E-state index in [0.29, 0.717) is 12.1 Å². The van der Waals surface area contributed by atoms with Crippen molar-refractivity contribution < 1.29 is 13.2 Å². The molecule has 4 N–H and O–H groups in total. The maximum absolute atomic E-state index is 12.3. The molecule has 0 atom stereocenters. The molecule has 1 heterocycles. The van der Waals surface area contributed by atoms with Crippen LogP contribution in [0, 0.1) is 0 Å². The normalized spacial score (nSPS) is 11.5. The van der Waals surface area contributed by atoms with Crippen LogP contribution in [0.3, 0.4) is 0 Å². The number of nitrogens with zero attached hydrogens (tertiary/aromatic N) is 2. The van der Waals surface area contributed by atoms with Gasteiger partial charge in [-0.3, -0.25) is 4.79 Å². The lowest BCUT2D eigenvalue weighted by Gasteiger charge is -2.09. The number of anilines is 1. The van der Waals surface area contributed by atoms with E-state index in [2.05, 4.69) is 5.10 Å². The summed E-state index contributed by atoms with van der Waals surface area (Å²) in [5, 5.41) is 3.97. The Morgan fingerprint density at radius 3 is 2.57 bits per heavy atom. The fraction of sp³-hybridized carbons (Fsp3) is 0.231. The molecule has 21 heavy (non-hydrogen) atoms. The van der Waals surface area contributed by atoms with Crippen LogP contribution in [0.2, 0.25) is 0 Å². The zero-order chi connectivity index (χ0) is 15.6. The van der Waals surface area contributed by atoms with E-state index in [9.17, 15) is 13.2 Å². The van der Waals surface area contributed by atoms with Gasteiger partial charge in [0.05, 0.1) is 28.2 Å². The number of carbonyl (C=O) groups is 1. The Morgan fingerprint density at radius 1 is 1.33 bits per heavy atom. The monoisotopic (exact) mass is 308 g/mol. The van der Waals surface area contributed by atoms with Crippen LogP contribution >= 0.6 is 0 Å². The Balaban J connectivity index is 2.61. The molecule has 1 aromatic heterocycles. The number of carbonyl (C=O) groups excluding carboxylic acids is 1. The van der Waals surface area contributed by atoms with Crippen molar-refractivity contribution in [1.29, 1.82) is 0 Å². The molecule has 0 aliphatic carbocycles. The van der Waals surface area contributed by atoms with Crippen LogP contribution in [-0.4, -0.2) is 29.9 Å². The lowest BCUT2D eigenvalue weighted by atomic mass is 10.3. The predicted octanol–water partition coefficient (Wildman–Crippen LogP) is 0.737. The Bertz CT molecular complexity index is 780. The summed E-state index contributed by atoms with van der Waals surface area (Å²) in [5.74, 6) is -0.733. The topological polar surface area (TPSA) is 121 Å². The van der Waals surface area contributed by atoms with Gasteiger partial charge in [-0.1, -0.05) is 19.1 Å². The van der Waals surface area contributed by atoms with Gasteiger partial charge >= 0.3 is 0 Å². The van der Waals surface area contributed by atoms with Crippen molar-refractivity contribution in [3.05, 3.63) is 36.2 Å². The lowest BCUT2D eigenvalue weighted by molar-refractivity contribution is 0.0996. The van der Waals surface area contributed by atoms with E-state index in [-0.39, 0.29) is 22.0 Å². The number of aromatic nitrogens is 2. The molecule has 0 unspecified atom stereocenters. The summed E-state index contributed by atoms with van der Waals surface area (Å²) in [6.45, 7) is 1.79. The highest BCUT2D eigenvalue weighted by Crippen LogP contribution is 2.23. The first-order chi connectivity index (χ1) is 9.86. The van der Waals surface area contributed by atoms with Crippen molar-refractivity contribution in [2.45, 2.75) is 18.2 Å². The Kier molecular flexibility index (Phi) is 3.99. The van der Waals surface area contributed by atoms with Gasteiger partial charge in [0.1, 0.15) is 0 Å². The van der Waals surface area contributed by atoms with Crippen molar-refractivity contribution in [2.75, 3.05) is 11.5 Å². The molecule has 112 valence electrons. The number of benzene rings is 1. The SMILES string of the molecule is CCCS(=O)(=O)c1ccccc1-n1cc(N)c(C(N)=O)n1. The van der Waals surface area contributed by atoms with E-state index in [0.717, 1.165) is 0 Å². The average Bonchev–Trinajstić information content (AvgIpc) is 2.81. The van der Waals surface area contributed by atoms with Crippen LogP contribution in [0.1, 0.15) is 23.8 Å². The van der Waals surface area contributed by atoms with Crippen LogP contribution in [0.15, 0.2) is 35.4 Å². The third-order valence-electron chi connectivity index (χ3n) is 2.90. The van der Waals surface area contributed by atoms with Gasteiger partial charge < -0.3 is 11.5 Å². The number of para-hydroxylation sites is 1. The van der Waals surface area contributed by atoms with Gasteiger partial charge in [0.25, 0.3) is 5.91 Å². The molecule has 0 fully saturated rings. The molecular weight excluding hydrogens is 292 g/mol. The molecule has 0 aliphatic rings. The van der Waals surface area contributed by atoms with E-state index < -0.39 is 15.7 Å². The van der Waals surface area contributed by atoms with E-state index in [1.54, 1.807) is 25.1 Å². The number of sulfone groups is 1. The number of hydrogen-bond acceptors (Lipinski definition) is 5. The number of nitrogens with two attached hydrogens (primary N) is 2. The van der Waals surface area contributed by atoms with Gasteiger partial charge in [0, 0.05) is 0 Å². The van der Waals surface area contributed by atoms with E-state index in [1.807, 2.05) is 0 Å². The minimum atomic E-state index is -3.43. The number of primary amides is 1. The highest BCUT2D eigenvalue weighted by Gasteiger charge is 2.20. The van der Waals surface area contributed by atoms with Gasteiger partial charge in [0.2, 0.25) is 0 Å². The third-order valence-corrected chi connectivity index (χ3v) is 4.86. The third kappa shape index (κ3) is 2.89. The summed E-state index contributed by atoms with van der Waals surface area (Å²) in [7, 11) is -3.43. The standard InChI is InChI=1S/C13H16N4O3S/c1-2-7-21(19,20)11-6-4-3-5-10(11)17-8-9(14)12(16-17)13(15)18/h3-6,8H,2,7,14H2,1H3,(H2,15,18). The lowest BCUT2D eigenvalue weighted by Crippen LogP contribution is -2.14. The number of nitrogen functional groups attached to an aromatic ring is 1. The number of amides is 1. The second-order valence-electron chi connectivity index (χ2n) is 4.53. The second kappa shape index (κ2) is 5.57. The van der Waals surface area contributed by atoms with Gasteiger partial charge in [0.15, 0.2) is 15.5 Å². The molecule has 8 heteroatoms. The highest BCUT2D eigenvalue weighted by atomic mass is 32.2. The van der Waals surface area contributed by atoms with Gasteiger partial charge in [-0.05, 0) is 18.6 Å². The molecule has 0 saturated heterocycles. The van der Waals surface area contributed by atoms with Crippen molar-refractivity contribution in [1.82, 2.24) is 9.78 Å². The van der Waals surface area contributed by atoms with Crippen molar-refractivity contribution >= 4 is 21.4 Å². The van der Waals surface area contributed by atoms with Crippen LogP contribution in [-0.2, 0) is 9.84 Å². The molecule has 0 aliphatic heterocycles. The number of rotatable bonds is 5. The first kappa shape index (κ1) is 15.0. The minimum Gasteiger partial charge on any atom is -0.396 e. The van der Waals surface area contributed by atoms with E-state index in [4.69, 9.17) is 11.5 Å². The molecule has 0 saturated carbocycles. The molecule has 7 nitrogen and oxygen atoms in total. The van der Waals surface area contributed by atoms with Crippen molar-refractivity contribution in [3.8, 4) is 5.69 Å². The first-order valence-corrected chi connectivity index (χ1v) is 7.99.